The van der Waals surface area contributed by atoms with Gasteiger partial charge in [0.1, 0.15) is 6.29 Å². The molecule has 1 heterocycles. The molecule has 0 unspecified atom stereocenters. The lowest BCUT2D eigenvalue weighted by molar-refractivity contribution is -0.141. The number of benzene rings is 1. The van der Waals surface area contributed by atoms with Crippen molar-refractivity contribution in [2.45, 2.75) is 12.5 Å². The zero-order chi connectivity index (χ0) is 26.5. The highest BCUT2D eigenvalue weighted by molar-refractivity contribution is 7.81. The zero-order valence-corrected chi connectivity index (χ0v) is 21.6. The molecule has 0 bridgehead atoms. The monoisotopic (exact) mass is 523 g/mol. The first-order chi connectivity index (χ1) is 17.2. The van der Waals surface area contributed by atoms with Gasteiger partial charge in [0.15, 0.2) is 0 Å². The Hall–Kier alpha value is -2.51. The summed E-state index contributed by atoms with van der Waals surface area (Å²) in [7, 11) is 1.96. The molecule has 1 aliphatic heterocycles. The van der Waals surface area contributed by atoms with Crippen molar-refractivity contribution in [3.05, 3.63) is 29.8 Å². The number of carbonyl (C=O) groups is 4. The van der Waals surface area contributed by atoms with E-state index < -0.39 is 11.9 Å². The first kappa shape index (κ1) is 29.7. The van der Waals surface area contributed by atoms with E-state index in [4.69, 9.17) is 0 Å². The number of carboxylic acid groups (broad SMARTS) is 2. The number of amides is 1. The summed E-state index contributed by atoms with van der Waals surface area (Å²) >= 11 is 3.96. The Labute approximate surface area is 217 Å². The van der Waals surface area contributed by atoms with Crippen molar-refractivity contribution in [2.24, 2.45) is 0 Å². The molecule has 1 aromatic carbocycles. The quantitative estimate of drug-likeness (QED) is 0.239. The van der Waals surface area contributed by atoms with Crippen LogP contribution in [0.25, 0.3) is 0 Å². The molecule has 200 valence electrons. The van der Waals surface area contributed by atoms with Crippen LogP contribution in [-0.2, 0) is 25.6 Å². The Balaban J connectivity index is 2.31. The molecule has 3 N–H and O–H groups in total. The second-order valence-corrected chi connectivity index (χ2v) is 9.34. The van der Waals surface area contributed by atoms with Crippen LogP contribution in [0.3, 0.4) is 0 Å². The third-order valence-electron chi connectivity index (χ3n) is 6.17. The molecule has 1 amide bonds. The maximum Gasteiger partial charge on any atom is 0.317 e. The number of rotatable bonds is 10. The van der Waals surface area contributed by atoms with Crippen molar-refractivity contribution in [1.29, 1.82) is 0 Å². The van der Waals surface area contributed by atoms with E-state index in [-0.39, 0.29) is 37.3 Å². The number of likely N-dealkylation sites (N-methyl/N-ethyl adjacent to an activating group) is 1. The maximum atomic E-state index is 11.8. The number of carboxylic acids is 2. The molecule has 12 heteroatoms. The predicted octanol–water partition coefficient (Wildman–Crippen LogP) is -0.314. The first-order valence-electron chi connectivity index (χ1n) is 11.9. The van der Waals surface area contributed by atoms with Gasteiger partial charge in [-0.1, -0.05) is 12.1 Å². The van der Waals surface area contributed by atoms with Crippen LogP contribution in [0.4, 0.5) is 5.69 Å². The predicted molar refractivity (Wildman–Crippen MR) is 140 cm³/mol. The first-order valence-corrected chi connectivity index (χ1v) is 12.6. The van der Waals surface area contributed by atoms with Crippen molar-refractivity contribution in [3.63, 3.8) is 0 Å². The summed E-state index contributed by atoms with van der Waals surface area (Å²) in [6, 6.07) is 7.03. The standard InChI is InChI=1S/C24H37N5O6S/c1-26-6-8-27(12-13-30)10-11-29(17-24(34)35)21(15-28(9-7-26)16-23(32)33)14-19-2-4-20(5-3-19)25-22(31)18-36/h2-5,13,21,36H,6-12,14-18H2,1H3,(H,25,31)(H,32,33)(H,34,35)/t21-/m0/s1. The SMILES string of the molecule is CN1CCN(CC=O)CCN(CC(=O)O)[C@@H](Cc2ccc(NC(=O)CS)cc2)CN(CC(=O)O)CC1. The van der Waals surface area contributed by atoms with Crippen LogP contribution in [0.1, 0.15) is 5.56 Å². The second kappa shape index (κ2) is 15.6. The van der Waals surface area contributed by atoms with Gasteiger partial charge in [-0.2, -0.15) is 12.6 Å². The number of nitrogens with zero attached hydrogens (tertiary/aromatic N) is 4. The Morgan fingerprint density at radius 3 is 2.17 bits per heavy atom. The third-order valence-corrected chi connectivity index (χ3v) is 6.45. The van der Waals surface area contributed by atoms with Gasteiger partial charge < -0.3 is 25.2 Å². The number of aldehydes is 1. The molecule has 1 fully saturated rings. The third kappa shape index (κ3) is 11.0. The van der Waals surface area contributed by atoms with Gasteiger partial charge in [-0.3, -0.25) is 29.1 Å². The number of nitrogens with one attached hydrogen (secondary N) is 1. The normalized spacial score (nSPS) is 19.7. The summed E-state index contributed by atoms with van der Waals surface area (Å²) in [5.74, 6) is -2.05. The molecule has 1 aliphatic rings. The lowest BCUT2D eigenvalue weighted by atomic mass is 10.0. The molecular formula is C24H37N5O6S. The van der Waals surface area contributed by atoms with E-state index in [1.165, 1.54) is 0 Å². The van der Waals surface area contributed by atoms with Crippen LogP contribution in [0.2, 0.25) is 0 Å². The average molecular weight is 524 g/mol. The van der Waals surface area contributed by atoms with Gasteiger partial charge in [-0.15, -0.1) is 0 Å². The number of hydrogen-bond donors (Lipinski definition) is 4. The van der Waals surface area contributed by atoms with Crippen molar-refractivity contribution >= 4 is 42.4 Å². The molecule has 0 spiro atoms. The van der Waals surface area contributed by atoms with Crippen LogP contribution in [0.15, 0.2) is 24.3 Å². The number of carbonyl (C=O) groups excluding carboxylic acids is 2. The number of hydrogen-bond acceptors (Lipinski definition) is 9. The van der Waals surface area contributed by atoms with Crippen LogP contribution >= 0.6 is 12.6 Å². The molecule has 36 heavy (non-hydrogen) atoms. The van der Waals surface area contributed by atoms with E-state index in [1.807, 2.05) is 33.9 Å². The van der Waals surface area contributed by atoms with Gasteiger partial charge in [-0.05, 0) is 31.2 Å². The Bertz CT molecular complexity index is 871. The summed E-state index contributed by atoms with van der Waals surface area (Å²) in [5.41, 5.74) is 1.57. The topological polar surface area (TPSA) is 134 Å². The summed E-state index contributed by atoms with van der Waals surface area (Å²) in [6.45, 7) is 3.77. The number of anilines is 1. The van der Waals surface area contributed by atoms with Crippen LogP contribution in [-0.4, -0.2) is 138 Å². The Kier molecular flexibility index (Phi) is 12.9. The number of thiol groups is 1. The summed E-state index contributed by atoms with van der Waals surface area (Å²) < 4.78 is 0. The summed E-state index contributed by atoms with van der Waals surface area (Å²) in [5, 5.41) is 21.8. The van der Waals surface area contributed by atoms with Gasteiger partial charge >= 0.3 is 11.9 Å². The molecule has 1 saturated heterocycles. The minimum atomic E-state index is -0.969. The fourth-order valence-electron chi connectivity index (χ4n) is 4.20. The highest BCUT2D eigenvalue weighted by Crippen LogP contribution is 2.16. The van der Waals surface area contributed by atoms with Gasteiger partial charge in [0.05, 0.1) is 25.4 Å². The lowest BCUT2D eigenvalue weighted by Crippen LogP contribution is -2.52. The van der Waals surface area contributed by atoms with Crippen LogP contribution < -0.4 is 5.32 Å². The van der Waals surface area contributed by atoms with E-state index in [0.717, 1.165) is 11.8 Å². The molecule has 0 aromatic heterocycles. The zero-order valence-electron chi connectivity index (χ0n) is 20.7. The van der Waals surface area contributed by atoms with Gasteiger partial charge in [0.2, 0.25) is 5.91 Å². The summed E-state index contributed by atoms with van der Waals surface area (Å²) in [6.07, 6.45) is 1.35. The largest absolute Gasteiger partial charge is 0.480 e. The highest BCUT2D eigenvalue weighted by Gasteiger charge is 2.26. The van der Waals surface area contributed by atoms with Crippen molar-refractivity contribution in [2.75, 3.05) is 83.6 Å². The van der Waals surface area contributed by atoms with Crippen LogP contribution in [0, 0.1) is 0 Å². The van der Waals surface area contributed by atoms with Crippen molar-refractivity contribution in [1.82, 2.24) is 19.6 Å². The van der Waals surface area contributed by atoms with E-state index in [0.29, 0.717) is 57.9 Å². The fourth-order valence-corrected chi connectivity index (χ4v) is 4.28. The van der Waals surface area contributed by atoms with Gasteiger partial charge in [0, 0.05) is 57.5 Å². The van der Waals surface area contributed by atoms with Gasteiger partial charge in [0.25, 0.3) is 0 Å². The van der Waals surface area contributed by atoms with Crippen LogP contribution in [0.5, 0.6) is 0 Å². The minimum absolute atomic E-state index is 0.0731. The molecule has 1 aromatic rings. The van der Waals surface area contributed by atoms with E-state index >= 15 is 0 Å². The Morgan fingerprint density at radius 2 is 1.58 bits per heavy atom. The van der Waals surface area contributed by atoms with E-state index in [9.17, 15) is 29.4 Å². The second-order valence-electron chi connectivity index (χ2n) is 9.02. The van der Waals surface area contributed by atoms with E-state index in [1.54, 1.807) is 12.1 Å². The fraction of sp³-hybridized carbons (Fsp3) is 0.583. The smallest absolute Gasteiger partial charge is 0.317 e. The van der Waals surface area contributed by atoms with Gasteiger partial charge in [-0.25, -0.2) is 0 Å². The van der Waals surface area contributed by atoms with Crippen molar-refractivity contribution < 1.29 is 29.4 Å². The Morgan fingerprint density at radius 1 is 0.972 bits per heavy atom. The molecule has 1 atom stereocenters. The average Bonchev–Trinajstić information content (AvgIpc) is 2.82. The van der Waals surface area contributed by atoms with E-state index in [2.05, 4.69) is 22.8 Å². The molecule has 0 saturated carbocycles. The van der Waals surface area contributed by atoms with Crippen molar-refractivity contribution in [3.8, 4) is 0 Å². The summed E-state index contributed by atoms with van der Waals surface area (Å²) in [4.78, 5) is 53.9. The lowest BCUT2D eigenvalue weighted by Gasteiger charge is -2.37. The molecular weight excluding hydrogens is 486 g/mol. The minimum Gasteiger partial charge on any atom is -0.480 e. The number of aliphatic carboxylic acids is 2. The molecule has 0 radical (unpaired) electrons. The maximum absolute atomic E-state index is 11.8. The molecule has 2 rings (SSSR count). The molecule has 0 aliphatic carbocycles. The highest BCUT2D eigenvalue weighted by atomic mass is 32.1. The molecule has 11 nitrogen and oxygen atoms in total.